The van der Waals surface area contributed by atoms with Gasteiger partial charge in [0.15, 0.2) is 6.16 Å². The molecule has 3 nitrogen and oxygen atoms in total. The van der Waals surface area contributed by atoms with Gasteiger partial charge in [0.2, 0.25) is 0 Å². The number of nitrogens with zero attached hydrogens (tertiary/aromatic N) is 3. The van der Waals surface area contributed by atoms with Crippen molar-refractivity contribution in [1.82, 2.24) is 0 Å². The Morgan fingerprint density at radius 2 is 1.09 bits per heavy atom. The molecular formula is C18H30N3P+3. The molecule has 0 spiro atoms. The van der Waals surface area contributed by atoms with Crippen LogP contribution in [0, 0.1) is 24.4 Å². The molecule has 0 aliphatic rings. The zero-order chi connectivity index (χ0) is 16.3. The van der Waals surface area contributed by atoms with E-state index < -0.39 is 7.17 Å². The summed E-state index contributed by atoms with van der Waals surface area (Å²) in [7, 11) is -0.613. The lowest BCUT2D eigenvalue weighted by Gasteiger charge is -1.75. The average Bonchev–Trinajstić information content (AvgIpc) is 2.53. The molecule has 0 aliphatic heterocycles. The molecule has 0 saturated heterocycles. The molecule has 0 saturated carbocycles. The Labute approximate surface area is 137 Å². The molecule has 119 valence electrons. The standard InChI is InChI=1S/C18H30N3P/c1-4-7-10-19-13-16-22(17-14-20-11-8-5-2)18-15-21-12-9-6-3/h16-18H,4-12H2,1-3H3/q+3. The van der Waals surface area contributed by atoms with Gasteiger partial charge in [-0.2, -0.15) is 0 Å². The SMILES string of the molecule is CCCC[N+]#C[CH]/P(=C\C#[N+]CCCC)=C\C#[N+]CCCC. The highest BCUT2D eigenvalue weighted by atomic mass is 31.1. The van der Waals surface area contributed by atoms with Crippen molar-refractivity contribution in [2.75, 3.05) is 19.6 Å². The van der Waals surface area contributed by atoms with Gasteiger partial charge in [0.1, 0.15) is 0 Å². The van der Waals surface area contributed by atoms with E-state index in [1.165, 1.54) is 0 Å². The Morgan fingerprint density at radius 1 is 0.682 bits per heavy atom. The summed E-state index contributed by atoms with van der Waals surface area (Å²) < 4.78 is 0. The lowest BCUT2D eigenvalue weighted by molar-refractivity contribution is 0.859. The first-order chi connectivity index (χ1) is 10.8. The van der Waals surface area contributed by atoms with Gasteiger partial charge in [-0.3, -0.25) is 0 Å². The Kier molecular flexibility index (Phi) is 16.4. The van der Waals surface area contributed by atoms with Crippen molar-refractivity contribution in [2.24, 2.45) is 0 Å². The summed E-state index contributed by atoms with van der Waals surface area (Å²) in [4.78, 5) is 12.8. The summed E-state index contributed by atoms with van der Waals surface area (Å²) in [5, 5.41) is 0. The zero-order valence-corrected chi connectivity index (χ0v) is 15.3. The quantitative estimate of drug-likeness (QED) is 0.426. The average molecular weight is 319 g/mol. The van der Waals surface area contributed by atoms with E-state index in [-0.39, 0.29) is 0 Å². The molecule has 0 aliphatic carbocycles. The van der Waals surface area contributed by atoms with Gasteiger partial charge in [0, 0.05) is 19.3 Å². The Hall–Kier alpha value is -1.49. The highest BCUT2D eigenvalue weighted by molar-refractivity contribution is 7.60. The second-order valence-corrected chi connectivity index (χ2v) is 6.60. The van der Waals surface area contributed by atoms with Crippen molar-refractivity contribution in [1.29, 1.82) is 0 Å². The molecule has 0 aromatic carbocycles. The number of unbranched alkanes of at least 4 members (excludes halogenated alkanes) is 3. The van der Waals surface area contributed by atoms with E-state index in [1.54, 1.807) is 0 Å². The summed E-state index contributed by atoms with van der Waals surface area (Å²) in [5.74, 6) is 3.96. The van der Waals surface area contributed by atoms with E-state index in [4.69, 9.17) is 0 Å². The summed E-state index contributed by atoms with van der Waals surface area (Å²) >= 11 is 0. The Morgan fingerprint density at radius 3 is 1.50 bits per heavy atom. The molecule has 0 aromatic rings. The summed E-state index contributed by atoms with van der Waals surface area (Å²) in [5.41, 5.74) is 0. The molecule has 0 amide bonds. The monoisotopic (exact) mass is 319 g/mol. The number of rotatable bonds is 7. The smallest absolute Gasteiger partial charge is 0.0826 e. The fourth-order valence-corrected chi connectivity index (χ4v) is 2.21. The van der Waals surface area contributed by atoms with E-state index >= 15 is 0 Å². The molecule has 0 unspecified atom stereocenters. The van der Waals surface area contributed by atoms with Crippen molar-refractivity contribution < 1.29 is 0 Å². The van der Waals surface area contributed by atoms with Crippen molar-refractivity contribution in [3.8, 4) is 18.2 Å². The molecule has 0 aromatic heterocycles. The number of hydrogen-bond donors (Lipinski definition) is 0. The topological polar surface area (TPSA) is 13.1 Å². The summed E-state index contributed by atoms with van der Waals surface area (Å²) in [6, 6.07) is 9.08. The van der Waals surface area contributed by atoms with E-state index in [0.717, 1.165) is 58.2 Å². The predicted octanol–water partition coefficient (Wildman–Crippen LogP) is 5.63. The maximum atomic E-state index is 4.27. The van der Waals surface area contributed by atoms with Gasteiger partial charge in [0.25, 0.3) is 25.7 Å². The van der Waals surface area contributed by atoms with Crippen LogP contribution in [-0.4, -0.2) is 31.2 Å². The van der Waals surface area contributed by atoms with Crippen LogP contribution >= 0.6 is 7.17 Å². The van der Waals surface area contributed by atoms with E-state index in [9.17, 15) is 0 Å². The van der Waals surface area contributed by atoms with Crippen LogP contribution in [0.1, 0.15) is 59.3 Å². The molecular weight excluding hydrogens is 289 g/mol. The fourth-order valence-electron chi connectivity index (χ4n) is 1.34. The predicted molar refractivity (Wildman–Crippen MR) is 104 cm³/mol. The van der Waals surface area contributed by atoms with Crippen molar-refractivity contribution in [3.63, 3.8) is 0 Å². The van der Waals surface area contributed by atoms with Crippen LogP contribution in [0.15, 0.2) is 0 Å². The number of hydrogen-bond acceptors (Lipinski definition) is 0. The van der Waals surface area contributed by atoms with Crippen LogP contribution in [-0.2, 0) is 0 Å². The molecule has 22 heavy (non-hydrogen) atoms. The summed E-state index contributed by atoms with van der Waals surface area (Å²) in [6.45, 7) is 9.03. The second kappa shape index (κ2) is 17.6. The van der Waals surface area contributed by atoms with E-state index in [0.29, 0.717) is 0 Å². The first-order valence-electron chi connectivity index (χ1n) is 8.38. The van der Waals surface area contributed by atoms with Gasteiger partial charge in [-0.15, -0.1) is 0 Å². The van der Waals surface area contributed by atoms with Crippen molar-refractivity contribution >= 4 is 18.8 Å². The van der Waals surface area contributed by atoms with Crippen molar-refractivity contribution in [3.05, 3.63) is 20.7 Å². The van der Waals surface area contributed by atoms with Gasteiger partial charge in [0.05, 0.1) is 11.6 Å². The largest absolute Gasteiger partial charge is 0.307 e. The molecule has 0 fully saturated rings. The van der Waals surface area contributed by atoms with Crippen LogP contribution < -0.4 is 0 Å². The highest BCUT2D eigenvalue weighted by Gasteiger charge is 1.95. The fraction of sp³-hybridized carbons (Fsp3) is 0.667. The second-order valence-electron chi connectivity index (χ2n) is 4.93. The van der Waals surface area contributed by atoms with E-state index in [1.807, 2.05) is 17.8 Å². The van der Waals surface area contributed by atoms with Crippen LogP contribution in [0.5, 0.6) is 0 Å². The van der Waals surface area contributed by atoms with Crippen LogP contribution in [0.25, 0.3) is 14.5 Å². The minimum atomic E-state index is -0.613. The lowest BCUT2D eigenvalue weighted by Crippen LogP contribution is -1.75. The molecule has 0 atom stereocenters. The first kappa shape index (κ1) is 20.5. The third-order valence-corrected chi connectivity index (χ3v) is 4.01. The Balaban J connectivity index is 4.67. The first-order valence-corrected chi connectivity index (χ1v) is 9.93. The normalized spacial score (nSPS) is 10.0. The molecule has 0 heterocycles. The van der Waals surface area contributed by atoms with E-state index in [2.05, 4.69) is 53.5 Å². The molecule has 1 radical (unpaired) electrons. The van der Waals surface area contributed by atoms with Crippen molar-refractivity contribution in [2.45, 2.75) is 59.3 Å². The lowest BCUT2D eigenvalue weighted by atomic mass is 10.3. The maximum Gasteiger partial charge on any atom is 0.307 e. The summed E-state index contributed by atoms with van der Waals surface area (Å²) in [6.07, 6.45) is 8.80. The van der Waals surface area contributed by atoms with Gasteiger partial charge >= 0.3 is 12.1 Å². The van der Waals surface area contributed by atoms with Gasteiger partial charge in [-0.1, -0.05) is 42.5 Å². The maximum absolute atomic E-state index is 4.27. The highest BCUT2D eigenvalue weighted by Crippen LogP contribution is 2.10. The molecule has 0 bridgehead atoms. The van der Waals surface area contributed by atoms with Crippen LogP contribution in [0.3, 0.4) is 0 Å². The zero-order valence-electron chi connectivity index (χ0n) is 14.4. The van der Waals surface area contributed by atoms with Gasteiger partial charge in [-0.05, 0) is 19.3 Å². The Bertz CT molecular complexity index is 504. The molecule has 0 N–H and O–H groups in total. The van der Waals surface area contributed by atoms with Gasteiger partial charge in [-0.25, -0.2) is 0 Å². The molecule has 0 rings (SSSR count). The third kappa shape index (κ3) is 14.9. The molecule has 4 heteroatoms. The van der Waals surface area contributed by atoms with Crippen LogP contribution in [0.2, 0.25) is 0 Å². The third-order valence-electron chi connectivity index (χ3n) is 2.76. The van der Waals surface area contributed by atoms with Crippen LogP contribution in [0.4, 0.5) is 0 Å². The minimum absolute atomic E-state index is 0.613. The minimum Gasteiger partial charge on any atom is -0.0826 e. The van der Waals surface area contributed by atoms with Gasteiger partial charge < -0.3 is 0 Å².